The zero-order valence-corrected chi connectivity index (χ0v) is 12.5. The van der Waals surface area contributed by atoms with Gasteiger partial charge in [0.2, 0.25) is 11.6 Å². The van der Waals surface area contributed by atoms with Crippen molar-refractivity contribution in [2.24, 2.45) is 5.92 Å². The topological polar surface area (TPSA) is 74.6 Å². The SMILES string of the molecule is CC(C)=CCCC(C)C1=C(O)C(CO)=C(C)C(=O)C1=O. The van der Waals surface area contributed by atoms with Crippen LogP contribution in [0.1, 0.15) is 40.5 Å². The molecule has 0 aromatic carbocycles. The summed E-state index contributed by atoms with van der Waals surface area (Å²) in [5.74, 6) is -1.73. The van der Waals surface area contributed by atoms with E-state index >= 15 is 0 Å². The van der Waals surface area contributed by atoms with Gasteiger partial charge in [-0.15, -0.1) is 0 Å². The Hall–Kier alpha value is -1.68. The third-order valence-electron chi connectivity index (χ3n) is 3.59. The average molecular weight is 278 g/mol. The van der Waals surface area contributed by atoms with Gasteiger partial charge in [0.05, 0.1) is 6.61 Å². The van der Waals surface area contributed by atoms with Gasteiger partial charge in [-0.2, -0.15) is 0 Å². The monoisotopic (exact) mass is 278 g/mol. The van der Waals surface area contributed by atoms with Crippen LogP contribution in [0.25, 0.3) is 0 Å². The van der Waals surface area contributed by atoms with Crippen LogP contribution in [0.4, 0.5) is 0 Å². The Morgan fingerprint density at radius 1 is 1.25 bits per heavy atom. The van der Waals surface area contributed by atoms with Crippen LogP contribution in [-0.2, 0) is 9.59 Å². The molecule has 110 valence electrons. The molecule has 0 spiro atoms. The lowest BCUT2D eigenvalue weighted by Gasteiger charge is -2.22. The van der Waals surface area contributed by atoms with Gasteiger partial charge >= 0.3 is 0 Å². The Bertz CT molecular complexity index is 517. The summed E-state index contributed by atoms with van der Waals surface area (Å²) in [7, 11) is 0. The van der Waals surface area contributed by atoms with Crippen LogP contribution < -0.4 is 0 Å². The zero-order chi connectivity index (χ0) is 15.4. The standard InChI is InChI=1S/C16H22O4/c1-9(2)6-5-7-10(3)13-15(19)12(8-17)11(4)14(18)16(13)20/h6,10,17,19H,5,7-8H2,1-4H3. The maximum atomic E-state index is 12.0. The van der Waals surface area contributed by atoms with Crippen molar-refractivity contribution in [3.8, 4) is 0 Å². The number of hydrogen-bond acceptors (Lipinski definition) is 4. The highest BCUT2D eigenvalue weighted by Gasteiger charge is 2.34. The maximum absolute atomic E-state index is 12.0. The molecule has 1 rings (SSSR count). The van der Waals surface area contributed by atoms with Gasteiger partial charge in [-0.3, -0.25) is 9.59 Å². The number of Topliss-reactive ketones (excluding diaryl/α,β-unsaturated/α-hetero) is 2. The minimum absolute atomic E-state index is 0.131. The van der Waals surface area contributed by atoms with Crippen LogP contribution in [0.15, 0.2) is 34.1 Å². The van der Waals surface area contributed by atoms with E-state index in [9.17, 15) is 19.8 Å². The minimum Gasteiger partial charge on any atom is -0.507 e. The summed E-state index contributed by atoms with van der Waals surface area (Å²) in [6.45, 7) is 6.80. The first-order valence-electron chi connectivity index (χ1n) is 6.77. The van der Waals surface area contributed by atoms with Gasteiger partial charge in [-0.05, 0) is 39.5 Å². The minimum atomic E-state index is -0.651. The summed E-state index contributed by atoms with van der Waals surface area (Å²) in [5, 5.41) is 19.4. The molecule has 0 saturated heterocycles. The predicted octanol–water partition coefficient (Wildman–Crippen LogP) is 2.64. The summed E-state index contributed by atoms with van der Waals surface area (Å²) in [6.07, 6.45) is 3.50. The predicted molar refractivity (Wildman–Crippen MR) is 77.3 cm³/mol. The second-order valence-corrected chi connectivity index (χ2v) is 5.44. The highest BCUT2D eigenvalue weighted by Crippen LogP contribution is 2.30. The highest BCUT2D eigenvalue weighted by atomic mass is 16.3. The van der Waals surface area contributed by atoms with Crippen molar-refractivity contribution in [2.45, 2.75) is 40.5 Å². The lowest BCUT2D eigenvalue weighted by molar-refractivity contribution is -0.132. The van der Waals surface area contributed by atoms with Crippen molar-refractivity contribution in [1.29, 1.82) is 0 Å². The van der Waals surface area contributed by atoms with Crippen LogP contribution >= 0.6 is 0 Å². The summed E-state index contributed by atoms with van der Waals surface area (Å²) in [4.78, 5) is 23.9. The molecule has 0 aromatic rings. The molecular weight excluding hydrogens is 256 g/mol. The quantitative estimate of drug-likeness (QED) is 0.460. The Labute approximate surface area is 119 Å². The first-order chi connectivity index (χ1) is 9.31. The molecule has 4 heteroatoms. The Morgan fingerprint density at radius 2 is 1.85 bits per heavy atom. The Kier molecular flexibility index (Phi) is 5.45. The maximum Gasteiger partial charge on any atom is 0.233 e. The first kappa shape index (κ1) is 16.4. The average Bonchev–Trinajstić information content (AvgIpc) is 2.36. The molecule has 0 aromatic heterocycles. The number of ketones is 2. The number of carbonyl (C=O) groups is 2. The van der Waals surface area contributed by atoms with Crippen molar-refractivity contribution >= 4 is 11.6 Å². The molecule has 1 aliphatic carbocycles. The van der Waals surface area contributed by atoms with Crippen LogP contribution in [0.5, 0.6) is 0 Å². The van der Waals surface area contributed by atoms with Crippen LogP contribution in [0.3, 0.4) is 0 Å². The number of allylic oxidation sites excluding steroid dienone is 4. The second kappa shape index (κ2) is 6.66. The molecule has 2 N–H and O–H groups in total. The van der Waals surface area contributed by atoms with E-state index in [1.165, 1.54) is 12.5 Å². The fourth-order valence-electron chi connectivity index (χ4n) is 2.29. The van der Waals surface area contributed by atoms with E-state index in [-0.39, 0.29) is 28.4 Å². The van der Waals surface area contributed by atoms with E-state index < -0.39 is 18.2 Å². The number of aliphatic hydroxyl groups excluding tert-OH is 2. The largest absolute Gasteiger partial charge is 0.507 e. The molecule has 0 bridgehead atoms. The second-order valence-electron chi connectivity index (χ2n) is 5.44. The highest BCUT2D eigenvalue weighted by molar-refractivity contribution is 6.50. The first-order valence-corrected chi connectivity index (χ1v) is 6.77. The number of carbonyl (C=O) groups excluding carboxylic acids is 2. The molecule has 0 amide bonds. The fourth-order valence-corrected chi connectivity index (χ4v) is 2.29. The van der Waals surface area contributed by atoms with E-state index in [1.807, 2.05) is 20.8 Å². The van der Waals surface area contributed by atoms with Crippen molar-refractivity contribution in [1.82, 2.24) is 0 Å². The van der Waals surface area contributed by atoms with E-state index in [2.05, 4.69) is 6.08 Å². The smallest absolute Gasteiger partial charge is 0.233 e. The van der Waals surface area contributed by atoms with Crippen molar-refractivity contribution < 1.29 is 19.8 Å². The van der Waals surface area contributed by atoms with E-state index in [1.54, 1.807) is 0 Å². The molecule has 1 aliphatic rings. The van der Waals surface area contributed by atoms with Gasteiger partial charge in [-0.1, -0.05) is 18.6 Å². The van der Waals surface area contributed by atoms with Gasteiger partial charge in [0.15, 0.2) is 0 Å². The fraction of sp³-hybridized carbons (Fsp3) is 0.500. The number of aliphatic hydroxyl groups is 2. The van der Waals surface area contributed by atoms with Crippen LogP contribution in [0.2, 0.25) is 0 Å². The lowest BCUT2D eigenvalue weighted by atomic mass is 9.82. The Balaban J connectivity index is 3.07. The molecule has 1 atom stereocenters. The van der Waals surface area contributed by atoms with Gasteiger partial charge in [0.25, 0.3) is 0 Å². The molecule has 0 fully saturated rings. The molecule has 0 heterocycles. The molecule has 0 radical (unpaired) electrons. The third kappa shape index (κ3) is 3.25. The summed E-state index contributed by atoms with van der Waals surface area (Å²) < 4.78 is 0. The molecule has 4 nitrogen and oxygen atoms in total. The summed E-state index contributed by atoms with van der Waals surface area (Å²) in [6, 6.07) is 0. The summed E-state index contributed by atoms with van der Waals surface area (Å²) in [5.41, 5.74) is 1.62. The third-order valence-corrected chi connectivity index (χ3v) is 3.59. The summed E-state index contributed by atoms with van der Waals surface area (Å²) >= 11 is 0. The van der Waals surface area contributed by atoms with E-state index in [4.69, 9.17) is 0 Å². The van der Waals surface area contributed by atoms with Gasteiger partial charge in [0, 0.05) is 16.7 Å². The number of hydrogen-bond donors (Lipinski definition) is 2. The van der Waals surface area contributed by atoms with E-state index in [0.29, 0.717) is 6.42 Å². The van der Waals surface area contributed by atoms with E-state index in [0.717, 1.165) is 6.42 Å². The van der Waals surface area contributed by atoms with Crippen LogP contribution in [0, 0.1) is 5.92 Å². The van der Waals surface area contributed by atoms with Crippen molar-refractivity contribution in [3.05, 3.63) is 34.1 Å². The normalized spacial score (nSPS) is 17.6. The van der Waals surface area contributed by atoms with Crippen molar-refractivity contribution in [2.75, 3.05) is 6.61 Å². The molecule has 20 heavy (non-hydrogen) atoms. The molecule has 0 aliphatic heterocycles. The van der Waals surface area contributed by atoms with Gasteiger partial charge in [-0.25, -0.2) is 0 Å². The van der Waals surface area contributed by atoms with Crippen LogP contribution in [-0.4, -0.2) is 28.4 Å². The number of rotatable bonds is 5. The molecule has 0 saturated carbocycles. The zero-order valence-electron chi connectivity index (χ0n) is 12.5. The molecule has 1 unspecified atom stereocenters. The Morgan fingerprint density at radius 3 is 2.35 bits per heavy atom. The molecular formula is C16H22O4. The van der Waals surface area contributed by atoms with Gasteiger partial charge in [0.1, 0.15) is 5.76 Å². The lowest BCUT2D eigenvalue weighted by Crippen LogP contribution is -2.29. The van der Waals surface area contributed by atoms with Crippen molar-refractivity contribution in [3.63, 3.8) is 0 Å². The van der Waals surface area contributed by atoms with Gasteiger partial charge < -0.3 is 10.2 Å².